The van der Waals surface area contributed by atoms with Crippen molar-refractivity contribution in [2.75, 3.05) is 18.4 Å². The second kappa shape index (κ2) is 8.46. The average molecular weight is 514 g/mol. The maximum Gasteiger partial charge on any atom is 0.410 e. The third-order valence-electron chi connectivity index (χ3n) is 6.31. The molecule has 5 rings (SSSR count). The summed E-state index contributed by atoms with van der Waals surface area (Å²) in [6.45, 7) is 5.87. The van der Waals surface area contributed by atoms with Gasteiger partial charge in [-0.3, -0.25) is 14.8 Å². The van der Waals surface area contributed by atoms with Crippen LogP contribution in [0.3, 0.4) is 0 Å². The Hall–Kier alpha value is -4.15. The molecule has 1 saturated heterocycles. The van der Waals surface area contributed by atoms with Crippen LogP contribution in [-0.4, -0.2) is 70.9 Å². The van der Waals surface area contributed by atoms with Crippen LogP contribution in [0.1, 0.15) is 40.0 Å². The van der Waals surface area contributed by atoms with Crippen molar-refractivity contribution in [3.8, 4) is 17.5 Å². The molecule has 4 heterocycles. The zero-order valence-electron chi connectivity index (χ0n) is 20.5. The van der Waals surface area contributed by atoms with Crippen LogP contribution >= 0.6 is 0 Å². The molecule has 14 heteroatoms. The van der Waals surface area contributed by atoms with Gasteiger partial charge < -0.3 is 9.64 Å². The first-order valence-corrected chi connectivity index (χ1v) is 11.7. The number of amides is 2. The summed E-state index contributed by atoms with van der Waals surface area (Å²) in [6, 6.07) is 3.76. The first-order chi connectivity index (χ1) is 17.4. The molecule has 2 fully saturated rings. The van der Waals surface area contributed by atoms with E-state index in [1.807, 2.05) is 0 Å². The molecule has 2 aliphatic rings. The van der Waals surface area contributed by atoms with Gasteiger partial charge in [0.15, 0.2) is 11.5 Å². The van der Waals surface area contributed by atoms with Crippen molar-refractivity contribution >= 4 is 23.6 Å². The van der Waals surface area contributed by atoms with Crippen LogP contribution in [0, 0.1) is 17.2 Å². The first kappa shape index (κ1) is 24.5. The number of nitriles is 1. The van der Waals surface area contributed by atoms with Crippen molar-refractivity contribution in [3.05, 3.63) is 24.7 Å². The minimum atomic E-state index is -2.81. The highest BCUT2D eigenvalue weighted by molar-refractivity contribution is 5.92. The van der Waals surface area contributed by atoms with Gasteiger partial charge in [0.2, 0.25) is 17.8 Å². The highest BCUT2D eigenvalue weighted by atomic mass is 19.3. The minimum absolute atomic E-state index is 0.0187. The van der Waals surface area contributed by atoms with E-state index in [1.54, 1.807) is 43.9 Å². The van der Waals surface area contributed by atoms with Crippen molar-refractivity contribution < 1.29 is 23.1 Å². The number of aromatic nitrogens is 6. The van der Waals surface area contributed by atoms with Crippen LogP contribution in [0.2, 0.25) is 0 Å². The summed E-state index contributed by atoms with van der Waals surface area (Å²) in [6.07, 6.45) is 3.48. The van der Waals surface area contributed by atoms with Gasteiger partial charge in [0.1, 0.15) is 11.1 Å². The lowest BCUT2D eigenvalue weighted by atomic mass is 9.81. The monoisotopic (exact) mass is 513 g/mol. The zero-order chi connectivity index (χ0) is 26.6. The molecule has 3 aromatic heterocycles. The number of alkyl halides is 2. The fourth-order valence-electron chi connectivity index (χ4n) is 4.43. The lowest BCUT2D eigenvalue weighted by Crippen LogP contribution is -2.64. The molecular formula is C23H25F2N9O3. The van der Waals surface area contributed by atoms with Crippen molar-refractivity contribution in [2.45, 2.75) is 57.1 Å². The molecule has 1 saturated carbocycles. The maximum atomic E-state index is 13.1. The number of carbonyl (C=O) groups excluding carboxylic acids is 2. The number of nitrogens with zero attached hydrogens (tertiary/aromatic N) is 8. The molecule has 0 spiro atoms. The SMILES string of the molecule is CC(C)(C)OC(=O)N1CC(CC#N)(n2cc(-c3nccc4nc(NC(=O)C5CC(F)(F)C5)nn34)cn2)C1. The summed E-state index contributed by atoms with van der Waals surface area (Å²) in [5.74, 6) is -3.78. The predicted octanol–water partition coefficient (Wildman–Crippen LogP) is 2.83. The Bertz CT molecular complexity index is 1400. The van der Waals surface area contributed by atoms with Crippen molar-refractivity contribution in [2.24, 2.45) is 5.92 Å². The number of fused-ring (bicyclic) bond motifs is 1. The molecule has 3 aromatic rings. The molecule has 194 valence electrons. The highest BCUT2D eigenvalue weighted by Crippen LogP contribution is 2.42. The van der Waals surface area contributed by atoms with E-state index in [4.69, 9.17) is 4.74 Å². The fourth-order valence-corrected chi connectivity index (χ4v) is 4.43. The van der Waals surface area contributed by atoms with Gasteiger partial charge in [0.05, 0.1) is 37.3 Å². The van der Waals surface area contributed by atoms with Crippen LogP contribution in [0.25, 0.3) is 17.0 Å². The summed E-state index contributed by atoms with van der Waals surface area (Å²) in [5.41, 5.74) is -0.393. The normalized spacial score (nSPS) is 18.5. The second-order valence-electron chi connectivity index (χ2n) is 10.5. The van der Waals surface area contributed by atoms with Gasteiger partial charge >= 0.3 is 6.09 Å². The Morgan fingerprint density at radius 3 is 2.68 bits per heavy atom. The molecule has 1 aliphatic heterocycles. The van der Waals surface area contributed by atoms with Crippen molar-refractivity contribution in [1.82, 2.24) is 34.3 Å². The van der Waals surface area contributed by atoms with Crippen LogP contribution in [0.4, 0.5) is 19.5 Å². The van der Waals surface area contributed by atoms with E-state index in [9.17, 15) is 23.6 Å². The van der Waals surface area contributed by atoms with Gasteiger partial charge in [-0.1, -0.05) is 0 Å². The number of anilines is 1. The number of halogens is 2. The lowest BCUT2D eigenvalue weighted by molar-refractivity contribution is -0.145. The van der Waals surface area contributed by atoms with Gasteiger partial charge in [-0.05, 0) is 20.8 Å². The molecule has 2 amide bonds. The molecule has 1 aliphatic carbocycles. The van der Waals surface area contributed by atoms with E-state index in [0.717, 1.165) is 0 Å². The van der Waals surface area contributed by atoms with Crippen LogP contribution in [-0.2, 0) is 15.1 Å². The Balaban J connectivity index is 1.35. The number of nitrogens with one attached hydrogen (secondary N) is 1. The van der Waals surface area contributed by atoms with Crippen LogP contribution in [0.15, 0.2) is 24.7 Å². The summed E-state index contributed by atoms with van der Waals surface area (Å²) >= 11 is 0. The number of rotatable bonds is 5. The van der Waals surface area contributed by atoms with Gasteiger partial charge in [-0.25, -0.2) is 18.6 Å². The largest absolute Gasteiger partial charge is 0.444 e. The van der Waals surface area contributed by atoms with Gasteiger partial charge in [-0.2, -0.15) is 19.9 Å². The third kappa shape index (κ3) is 4.68. The quantitative estimate of drug-likeness (QED) is 0.549. The minimum Gasteiger partial charge on any atom is -0.444 e. The Morgan fingerprint density at radius 1 is 1.30 bits per heavy atom. The molecule has 0 unspecified atom stereocenters. The molecule has 1 N–H and O–H groups in total. The van der Waals surface area contributed by atoms with E-state index in [2.05, 4.69) is 31.6 Å². The number of hydrogen-bond acceptors (Lipinski definition) is 8. The Kier molecular flexibility index (Phi) is 5.61. The van der Waals surface area contributed by atoms with E-state index < -0.39 is 47.8 Å². The molecule has 12 nitrogen and oxygen atoms in total. The van der Waals surface area contributed by atoms with Crippen LogP contribution in [0.5, 0.6) is 0 Å². The van der Waals surface area contributed by atoms with E-state index in [1.165, 1.54) is 15.6 Å². The molecular weight excluding hydrogens is 488 g/mol. The first-order valence-electron chi connectivity index (χ1n) is 11.7. The lowest BCUT2D eigenvalue weighted by Gasteiger charge is -2.48. The van der Waals surface area contributed by atoms with Crippen molar-refractivity contribution in [3.63, 3.8) is 0 Å². The summed E-state index contributed by atoms with van der Waals surface area (Å²) in [5, 5.41) is 20.6. The molecule has 0 atom stereocenters. The second-order valence-corrected chi connectivity index (χ2v) is 10.5. The standard InChI is InChI=1S/C23H25F2N9O3/c1-21(2,3)37-20(36)32-12-22(13-32,5-6-26)33-11-15(10-28-33)17-27-7-4-16-29-19(31-34(16)17)30-18(35)14-8-23(24,25)9-14/h4,7,10-11,14H,5,8-9,12-13H2,1-3H3,(H,30,31,35). The summed E-state index contributed by atoms with van der Waals surface area (Å²) < 4.78 is 34.7. The number of hydrogen-bond donors (Lipinski definition) is 1. The molecule has 37 heavy (non-hydrogen) atoms. The van der Waals surface area contributed by atoms with Gasteiger partial charge in [0.25, 0.3) is 0 Å². The van der Waals surface area contributed by atoms with Crippen LogP contribution < -0.4 is 5.32 Å². The summed E-state index contributed by atoms with van der Waals surface area (Å²) in [7, 11) is 0. The van der Waals surface area contributed by atoms with Gasteiger partial charge in [0, 0.05) is 37.2 Å². The van der Waals surface area contributed by atoms with Gasteiger partial charge in [-0.15, -0.1) is 5.10 Å². The molecule has 0 aromatic carbocycles. The van der Waals surface area contributed by atoms with E-state index >= 15 is 0 Å². The fraction of sp³-hybridized carbons (Fsp3) is 0.522. The molecule has 0 bridgehead atoms. The average Bonchev–Trinajstić information content (AvgIpc) is 3.39. The highest BCUT2D eigenvalue weighted by Gasteiger charge is 2.50. The molecule has 0 radical (unpaired) electrons. The number of likely N-dealkylation sites (tertiary alicyclic amines) is 1. The topological polar surface area (TPSA) is 143 Å². The number of ether oxygens (including phenoxy) is 1. The van der Waals surface area contributed by atoms with Crippen molar-refractivity contribution in [1.29, 1.82) is 5.26 Å². The zero-order valence-corrected chi connectivity index (χ0v) is 20.5. The summed E-state index contributed by atoms with van der Waals surface area (Å²) in [4.78, 5) is 34.8. The maximum absolute atomic E-state index is 13.1. The number of carbonyl (C=O) groups is 2. The third-order valence-corrected chi connectivity index (χ3v) is 6.31. The predicted molar refractivity (Wildman–Crippen MR) is 124 cm³/mol. The Labute approximate surface area is 210 Å². The van der Waals surface area contributed by atoms with E-state index in [0.29, 0.717) is 17.0 Å². The Morgan fingerprint density at radius 2 is 2.03 bits per heavy atom. The van der Waals surface area contributed by atoms with E-state index in [-0.39, 0.29) is 25.5 Å². The smallest absolute Gasteiger partial charge is 0.410 e.